The molecule has 170 valence electrons. The minimum Gasteiger partial charge on any atom is -0.508 e. The Hall–Kier alpha value is -4.19. The average Bonchev–Trinajstić information content (AvgIpc) is 3.36. The molecule has 4 aromatic rings. The van der Waals surface area contributed by atoms with Crippen LogP contribution in [0.3, 0.4) is 0 Å². The monoisotopic (exact) mass is 452 g/mol. The molecule has 0 saturated carbocycles. The maximum absolute atomic E-state index is 13.4. The Morgan fingerprint density at radius 2 is 1.76 bits per heavy atom. The molecule has 2 unspecified atom stereocenters. The fourth-order valence-electron chi connectivity index (χ4n) is 4.78. The highest BCUT2D eigenvalue weighted by atomic mass is 16.3. The fraction of sp³-hybridized carbons (Fsp3) is 0.179. The first-order valence-electron chi connectivity index (χ1n) is 11.2. The molecule has 6 heteroatoms. The van der Waals surface area contributed by atoms with E-state index in [0.717, 1.165) is 27.6 Å². The number of aryl methyl sites for hydroxylation is 1. The highest BCUT2D eigenvalue weighted by Crippen LogP contribution is 2.39. The molecule has 6 nitrogen and oxygen atoms in total. The van der Waals surface area contributed by atoms with Crippen LogP contribution in [0.5, 0.6) is 5.75 Å². The number of H-pyrrole nitrogens is 1. The number of carbonyl (C=O) groups excluding carboxylic acids is 3. The Bertz CT molecular complexity index is 1400. The Kier molecular flexibility index (Phi) is 5.49. The van der Waals surface area contributed by atoms with Gasteiger partial charge in [0.15, 0.2) is 5.78 Å². The highest BCUT2D eigenvalue weighted by Gasteiger charge is 2.51. The average molecular weight is 453 g/mol. The van der Waals surface area contributed by atoms with Crippen LogP contribution in [0, 0.1) is 12.8 Å². The van der Waals surface area contributed by atoms with Gasteiger partial charge in [0, 0.05) is 29.2 Å². The number of aromatic nitrogens is 1. The molecule has 2 atom stereocenters. The van der Waals surface area contributed by atoms with E-state index in [2.05, 4.69) is 4.98 Å². The van der Waals surface area contributed by atoms with Crippen LogP contribution in [0.15, 0.2) is 79.0 Å². The first-order chi connectivity index (χ1) is 16.4. The van der Waals surface area contributed by atoms with Gasteiger partial charge in [-0.25, -0.2) is 0 Å². The summed E-state index contributed by atoms with van der Waals surface area (Å²) < 4.78 is 0. The number of likely N-dealkylation sites (tertiary alicyclic amines) is 1. The summed E-state index contributed by atoms with van der Waals surface area (Å²) in [6.45, 7) is 2.26. The lowest BCUT2D eigenvalue weighted by atomic mass is 9.86. The van der Waals surface area contributed by atoms with E-state index in [-0.39, 0.29) is 11.3 Å². The summed E-state index contributed by atoms with van der Waals surface area (Å²) in [7, 11) is 0. The maximum Gasteiger partial charge on any atom is 0.291 e. The number of phenols is 1. The Balaban J connectivity index is 1.51. The van der Waals surface area contributed by atoms with Gasteiger partial charge in [-0.2, -0.15) is 0 Å². The maximum atomic E-state index is 13.4. The summed E-state index contributed by atoms with van der Waals surface area (Å²) >= 11 is 0. The van der Waals surface area contributed by atoms with Gasteiger partial charge in [-0.05, 0) is 42.7 Å². The van der Waals surface area contributed by atoms with Gasteiger partial charge in [-0.1, -0.05) is 60.2 Å². The number of nitrogens with zero attached hydrogens (tertiary/aromatic N) is 1. The molecule has 1 fully saturated rings. The quantitative estimate of drug-likeness (QED) is 0.258. The second-order valence-corrected chi connectivity index (χ2v) is 8.72. The summed E-state index contributed by atoms with van der Waals surface area (Å²) in [5, 5.41) is 10.9. The van der Waals surface area contributed by atoms with E-state index in [9.17, 15) is 19.5 Å². The third kappa shape index (κ3) is 3.77. The van der Waals surface area contributed by atoms with E-state index >= 15 is 0 Å². The minimum absolute atomic E-state index is 0.0642. The van der Waals surface area contributed by atoms with Gasteiger partial charge in [0.25, 0.3) is 5.91 Å². The predicted octanol–water partition coefficient (Wildman–Crippen LogP) is 4.38. The molecule has 0 bridgehead atoms. The number of benzene rings is 3. The van der Waals surface area contributed by atoms with E-state index in [4.69, 9.17) is 0 Å². The van der Waals surface area contributed by atoms with Gasteiger partial charge in [-0.15, -0.1) is 0 Å². The van der Waals surface area contributed by atoms with Crippen molar-refractivity contribution in [1.29, 1.82) is 0 Å². The van der Waals surface area contributed by atoms with Crippen molar-refractivity contribution in [3.8, 4) is 5.75 Å². The second kappa shape index (κ2) is 8.63. The second-order valence-electron chi connectivity index (χ2n) is 8.72. The number of aromatic hydroxyl groups is 1. The van der Waals surface area contributed by atoms with E-state index in [1.54, 1.807) is 12.1 Å². The SMILES string of the molecule is Cc1ccc(C2C(C(=O)c3cccc(O)c3)C(=O)C(=O)N2CCc2c[nH]c3ccccc23)cc1. The lowest BCUT2D eigenvalue weighted by molar-refractivity contribution is -0.140. The molecule has 2 N–H and O–H groups in total. The van der Waals surface area contributed by atoms with Crippen LogP contribution >= 0.6 is 0 Å². The number of fused-ring (bicyclic) bond motifs is 1. The van der Waals surface area contributed by atoms with Gasteiger partial charge in [-0.3, -0.25) is 14.4 Å². The smallest absolute Gasteiger partial charge is 0.291 e. The fourth-order valence-corrected chi connectivity index (χ4v) is 4.78. The topological polar surface area (TPSA) is 90.5 Å². The lowest BCUT2D eigenvalue weighted by Crippen LogP contribution is -2.32. The number of hydrogen-bond acceptors (Lipinski definition) is 4. The Morgan fingerprint density at radius 3 is 2.53 bits per heavy atom. The molecular formula is C28H24N2O4. The van der Waals surface area contributed by atoms with Crippen molar-refractivity contribution in [3.05, 3.63) is 101 Å². The van der Waals surface area contributed by atoms with Gasteiger partial charge < -0.3 is 15.0 Å². The van der Waals surface area contributed by atoms with Crippen LogP contribution in [0.25, 0.3) is 10.9 Å². The molecule has 0 radical (unpaired) electrons. The minimum atomic E-state index is -1.17. The summed E-state index contributed by atoms with van der Waals surface area (Å²) in [6.07, 6.45) is 2.46. The number of ketones is 2. The molecule has 1 aromatic heterocycles. The van der Waals surface area contributed by atoms with Gasteiger partial charge in [0.05, 0.1) is 6.04 Å². The first-order valence-corrected chi connectivity index (χ1v) is 11.2. The molecular weight excluding hydrogens is 428 g/mol. The van der Waals surface area contributed by atoms with Crippen molar-refractivity contribution in [3.63, 3.8) is 0 Å². The van der Waals surface area contributed by atoms with Gasteiger partial charge in [0.1, 0.15) is 11.7 Å². The zero-order chi connectivity index (χ0) is 23.8. The van der Waals surface area contributed by atoms with Crippen LogP contribution in [0.1, 0.15) is 33.1 Å². The van der Waals surface area contributed by atoms with Crippen LogP contribution in [-0.2, 0) is 16.0 Å². The molecule has 0 spiro atoms. The third-order valence-corrected chi connectivity index (χ3v) is 6.53. The summed E-state index contributed by atoms with van der Waals surface area (Å²) in [5.41, 5.74) is 4.04. The van der Waals surface area contributed by atoms with Crippen LogP contribution in [-0.4, -0.2) is 39.0 Å². The number of carbonyl (C=O) groups is 3. The van der Waals surface area contributed by atoms with Crippen molar-refractivity contribution < 1.29 is 19.5 Å². The normalized spacial score (nSPS) is 18.1. The van der Waals surface area contributed by atoms with Crippen molar-refractivity contribution in [2.45, 2.75) is 19.4 Å². The van der Waals surface area contributed by atoms with Crippen molar-refractivity contribution in [2.24, 2.45) is 5.92 Å². The number of hydrogen-bond donors (Lipinski definition) is 2. The zero-order valence-corrected chi connectivity index (χ0v) is 18.7. The zero-order valence-electron chi connectivity index (χ0n) is 18.7. The summed E-state index contributed by atoms with van der Waals surface area (Å²) in [6, 6.07) is 20.7. The third-order valence-electron chi connectivity index (χ3n) is 6.53. The first kappa shape index (κ1) is 21.6. The summed E-state index contributed by atoms with van der Waals surface area (Å²) in [4.78, 5) is 44.5. The number of para-hydroxylation sites is 1. The van der Waals surface area contributed by atoms with Crippen molar-refractivity contribution in [1.82, 2.24) is 9.88 Å². The molecule has 2 heterocycles. The van der Waals surface area contributed by atoms with Crippen LogP contribution in [0.2, 0.25) is 0 Å². The number of nitrogens with one attached hydrogen (secondary N) is 1. The van der Waals surface area contributed by atoms with E-state index < -0.39 is 29.4 Å². The van der Waals surface area contributed by atoms with E-state index in [1.165, 1.54) is 17.0 Å². The van der Waals surface area contributed by atoms with E-state index in [0.29, 0.717) is 13.0 Å². The molecule has 34 heavy (non-hydrogen) atoms. The highest BCUT2D eigenvalue weighted by molar-refractivity contribution is 6.44. The van der Waals surface area contributed by atoms with Gasteiger partial charge in [0.2, 0.25) is 5.78 Å². The molecule has 5 rings (SSSR count). The number of amides is 1. The molecule has 1 saturated heterocycles. The summed E-state index contributed by atoms with van der Waals surface area (Å²) in [5.74, 6) is -3.05. The number of phenolic OH excluding ortho intramolecular Hbond substituents is 1. The molecule has 3 aromatic carbocycles. The molecule has 1 aliphatic heterocycles. The van der Waals surface area contributed by atoms with Gasteiger partial charge >= 0.3 is 0 Å². The molecule has 0 aliphatic carbocycles. The lowest BCUT2D eigenvalue weighted by Gasteiger charge is -2.27. The number of aromatic amines is 1. The van der Waals surface area contributed by atoms with E-state index in [1.807, 2.05) is 61.7 Å². The van der Waals surface area contributed by atoms with Crippen molar-refractivity contribution >= 4 is 28.4 Å². The Labute approximate surface area is 196 Å². The number of rotatable bonds is 6. The molecule has 1 amide bonds. The largest absolute Gasteiger partial charge is 0.508 e. The molecule has 1 aliphatic rings. The number of Topliss-reactive ketones (excluding diaryl/α,β-unsaturated/α-hetero) is 2. The van der Waals surface area contributed by atoms with Crippen molar-refractivity contribution in [2.75, 3.05) is 6.54 Å². The van der Waals surface area contributed by atoms with Crippen LogP contribution < -0.4 is 0 Å². The Morgan fingerprint density at radius 1 is 1.00 bits per heavy atom. The standard InChI is InChI=1S/C28H24N2O4/c1-17-9-11-18(12-10-17)25-24(26(32)19-5-4-6-21(31)15-19)27(33)28(34)30(25)14-13-20-16-29-23-8-3-2-7-22(20)23/h2-12,15-16,24-25,29,31H,13-14H2,1H3. The predicted molar refractivity (Wildman–Crippen MR) is 129 cm³/mol. The van der Waals surface area contributed by atoms with Crippen LogP contribution in [0.4, 0.5) is 0 Å².